The summed E-state index contributed by atoms with van der Waals surface area (Å²) in [5, 5.41) is 0. The molecule has 1 saturated heterocycles. The van der Waals surface area contributed by atoms with Crippen LogP contribution in [-0.2, 0) is 6.54 Å². The minimum Gasteiger partial charge on any atom is -0.493 e. The van der Waals surface area contributed by atoms with Crippen molar-refractivity contribution in [2.24, 2.45) is 0 Å². The summed E-state index contributed by atoms with van der Waals surface area (Å²) >= 11 is 0. The van der Waals surface area contributed by atoms with Crippen LogP contribution in [0.2, 0.25) is 0 Å². The number of hydrogen-bond donors (Lipinski definition) is 1. The number of ether oxygens (including phenoxy) is 2. The minimum absolute atomic E-state index is 0.674. The van der Waals surface area contributed by atoms with Crippen LogP contribution in [0.1, 0.15) is 5.56 Å². The van der Waals surface area contributed by atoms with E-state index in [9.17, 15) is 0 Å². The van der Waals surface area contributed by atoms with Gasteiger partial charge in [-0.25, -0.2) is 0 Å². The Balaban J connectivity index is 1.64. The number of nitrogens with zero attached hydrogens (tertiary/aromatic N) is 2. The van der Waals surface area contributed by atoms with Crippen LogP contribution < -0.4 is 20.1 Å². The zero-order valence-corrected chi connectivity index (χ0v) is 14.4. The molecule has 0 saturated carbocycles. The maximum absolute atomic E-state index is 6.18. The largest absolute Gasteiger partial charge is 0.493 e. The van der Waals surface area contributed by atoms with E-state index in [0.717, 1.165) is 49.7 Å². The molecule has 0 aromatic heterocycles. The molecule has 3 rings (SSSR count). The number of nitrogens with two attached hydrogens (primary N) is 1. The van der Waals surface area contributed by atoms with Crippen molar-refractivity contribution in [3.63, 3.8) is 0 Å². The average molecular weight is 327 g/mol. The Hall–Kier alpha value is -2.40. The van der Waals surface area contributed by atoms with Gasteiger partial charge >= 0.3 is 0 Å². The maximum atomic E-state index is 6.18. The Morgan fingerprint density at radius 1 is 0.917 bits per heavy atom. The molecular weight excluding hydrogens is 302 g/mol. The van der Waals surface area contributed by atoms with Gasteiger partial charge in [-0.05, 0) is 23.8 Å². The fourth-order valence-corrected chi connectivity index (χ4v) is 3.12. The lowest BCUT2D eigenvalue weighted by atomic mass is 10.1. The van der Waals surface area contributed by atoms with E-state index in [4.69, 9.17) is 15.2 Å². The van der Waals surface area contributed by atoms with Gasteiger partial charge in [0.1, 0.15) is 0 Å². The van der Waals surface area contributed by atoms with E-state index in [1.807, 2.05) is 12.1 Å². The Kier molecular flexibility index (Phi) is 5.11. The highest BCUT2D eigenvalue weighted by atomic mass is 16.5. The normalized spacial score (nSPS) is 15.3. The van der Waals surface area contributed by atoms with Gasteiger partial charge in [-0.1, -0.05) is 18.2 Å². The van der Waals surface area contributed by atoms with Gasteiger partial charge in [0.2, 0.25) is 0 Å². The van der Waals surface area contributed by atoms with E-state index in [0.29, 0.717) is 5.75 Å². The average Bonchev–Trinajstić information content (AvgIpc) is 2.64. The number of anilines is 2. The number of nitrogen functional groups attached to an aromatic ring is 1. The third-order valence-corrected chi connectivity index (χ3v) is 4.53. The molecule has 5 nitrogen and oxygen atoms in total. The quantitative estimate of drug-likeness (QED) is 0.856. The molecule has 1 aliphatic rings. The molecule has 0 aliphatic carbocycles. The Bertz CT molecular complexity index is 668. The second-order valence-electron chi connectivity index (χ2n) is 6.00. The molecule has 2 N–H and O–H groups in total. The Labute approximate surface area is 143 Å². The van der Waals surface area contributed by atoms with Crippen LogP contribution in [0.3, 0.4) is 0 Å². The van der Waals surface area contributed by atoms with Gasteiger partial charge in [0, 0.05) is 50.2 Å². The minimum atomic E-state index is 0.674. The van der Waals surface area contributed by atoms with Gasteiger partial charge in [-0.2, -0.15) is 0 Å². The summed E-state index contributed by atoms with van der Waals surface area (Å²) < 4.78 is 10.7. The number of hydrogen-bond acceptors (Lipinski definition) is 5. The molecule has 1 heterocycles. The van der Waals surface area contributed by atoms with Crippen LogP contribution in [0.5, 0.6) is 11.5 Å². The highest BCUT2D eigenvalue weighted by Gasteiger charge is 2.19. The summed E-state index contributed by atoms with van der Waals surface area (Å²) in [5.41, 5.74) is 9.31. The van der Waals surface area contributed by atoms with E-state index in [1.54, 1.807) is 14.2 Å². The van der Waals surface area contributed by atoms with Crippen molar-refractivity contribution in [2.75, 3.05) is 51.0 Å². The number of methoxy groups -OCH3 is 2. The van der Waals surface area contributed by atoms with Crippen LogP contribution in [0.25, 0.3) is 0 Å². The third kappa shape index (κ3) is 3.57. The van der Waals surface area contributed by atoms with E-state index < -0.39 is 0 Å². The van der Waals surface area contributed by atoms with Crippen molar-refractivity contribution in [1.29, 1.82) is 0 Å². The first kappa shape index (κ1) is 16.5. The van der Waals surface area contributed by atoms with E-state index >= 15 is 0 Å². The zero-order chi connectivity index (χ0) is 16.9. The molecule has 0 atom stereocenters. The second kappa shape index (κ2) is 7.45. The highest BCUT2D eigenvalue weighted by Crippen LogP contribution is 2.32. The summed E-state index contributed by atoms with van der Waals surface area (Å²) in [7, 11) is 3.27. The first-order valence-corrected chi connectivity index (χ1v) is 8.24. The summed E-state index contributed by atoms with van der Waals surface area (Å²) in [4.78, 5) is 4.85. The van der Waals surface area contributed by atoms with Gasteiger partial charge in [-0.15, -0.1) is 0 Å². The van der Waals surface area contributed by atoms with Crippen LogP contribution in [0.15, 0.2) is 42.5 Å². The molecular formula is C19H25N3O2. The monoisotopic (exact) mass is 327 g/mol. The fourth-order valence-electron chi connectivity index (χ4n) is 3.12. The predicted molar refractivity (Wildman–Crippen MR) is 97.9 cm³/mol. The van der Waals surface area contributed by atoms with Gasteiger partial charge < -0.3 is 20.1 Å². The molecule has 1 aliphatic heterocycles. The molecule has 0 unspecified atom stereocenters. The molecule has 128 valence electrons. The second-order valence-corrected chi connectivity index (χ2v) is 6.00. The SMILES string of the molecule is COc1cc(N)c(CN2CCN(c3ccccc3)CC2)cc1OC. The predicted octanol–water partition coefficient (Wildman–Crippen LogP) is 2.61. The third-order valence-electron chi connectivity index (χ3n) is 4.53. The van der Waals surface area contributed by atoms with Gasteiger partial charge in [0.25, 0.3) is 0 Å². The van der Waals surface area contributed by atoms with Crippen molar-refractivity contribution >= 4 is 11.4 Å². The van der Waals surface area contributed by atoms with E-state index in [2.05, 4.69) is 40.1 Å². The molecule has 0 radical (unpaired) electrons. The summed E-state index contributed by atoms with van der Waals surface area (Å²) in [6, 6.07) is 14.4. The summed E-state index contributed by atoms with van der Waals surface area (Å²) in [5.74, 6) is 1.40. The number of benzene rings is 2. The van der Waals surface area contributed by atoms with Crippen molar-refractivity contribution in [2.45, 2.75) is 6.54 Å². The zero-order valence-electron chi connectivity index (χ0n) is 14.4. The van der Waals surface area contributed by atoms with Gasteiger partial charge in [-0.3, -0.25) is 4.90 Å². The molecule has 0 amide bonds. The van der Waals surface area contributed by atoms with Crippen molar-refractivity contribution in [1.82, 2.24) is 4.90 Å². The molecule has 2 aromatic rings. The molecule has 24 heavy (non-hydrogen) atoms. The first-order valence-electron chi connectivity index (χ1n) is 8.24. The summed E-state index contributed by atoms with van der Waals surface area (Å²) in [6.07, 6.45) is 0. The lowest BCUT2D eigenvalue weighted by Gasteiger charge is -2.36. The van der Waals surface area contributed by atoms with Crippen LogP contribution in [0.4, 0.5) is 11.4 Å². The number of rotatable bonds is 5. The molecule has 1 fully saturated rings. The van der Waals surface area contributed by atoms with Crippen molar-refractivity contribution in [3.05, 3.63) is 48.0 Å². The molecule has 0 spiro atoms. The molecule has 5 heteroatoms. The molecule has 2 aromatic carbocycles. The van der Waals surface area contributed by atoms with Crippen molar-refractivity contribution in [3.8, 4) is 11.5 Å². The standard InChI is InChI=1S/C19H25N3O2/c1-23-18-12-15(17(20)13-19(18)24-2)14-21-8-10-22(11-9-21)16-6-4-3-5-7-16/h3-7,12-13H,8-11,14,20H2,1-2H3. The smallest absolute Gasteiger partial charge is 0.162 e. The van der Waals surface area contributed by atoms with Crippen LogP contribution >= 0.6 is 0 Å². The Morgan fingerprint density at radius 3 is 2.17 bits per heavy atom. The number of para-hydroxylation sites is 1. The highest BCUT2D eigenvalue weighted by molar-refractivity contribution is 5.58. The van der Waals surface area contributed by atoms with E-state index in [-0.39, 0.29) is 0 Å². The first-order chi connectivity index (χ1) is 11.7. The summed E-state index contributed by atoms with van der Waals surface area (Å²) in [6.45, 7) is 4.91. The lowest BCUT2D eigenvalue weighted by molar-refractivity contribution is 0.249. The number of piperazine rings is 1. The maximum Gasteiger partial charge on any atom is 0.162 e. The van der Waals surface area contributed by atoms with Crippen LogP contribution in [-0.4, -0.2) is 45.3 Å². The van der Waals surface area contributed by atoms with Crippen LogP contribution in [0, 0.1) is 0 Å². The van der Waals surface area contributed by atoms with E-state index in [1.165, 1.54) is 5.69 Å². The lowest BCUT2D eigenvalue weighted by Crippen LogP contribution is -2.46. The van der Waals surface area contributed by atoms with Crippen molar-refractivity contribution < 1.29 is 9.47 Å². The fraction of sp³-hybridized carbons (Fsp3) is 0.368. The molecule has 0 bridgehead atoms. The Morgan fingerprint density at radius 2 is 1.54 bits per heavy atom. The topological polar surface area (TPSA) is 51.0 Å². The van der Waals surface area contributed by atoms with Gasteiger partial charge in [0.05, 0.1) is 14.2 Å². The van der Waals surface area contributed by atoms with Gasteiger partial charge in [0.15, 0.2) is 11.5 Å².